The first-order valence-corrected chi connectivity index (χ1v) is 9.07. The number of carbonyl (C=O) groups is 1. The van der Waals surface area contributed by atoms with Crippen LogP contribution in [0.1, 0.15) is 50.9 Å². The molecule has 0 heterocycles. The summed E-state index contributed by atoms with van der Waals surface area (Å²) in [6, 6.07) is 12.5. The van der Waals surface area contributed by atoms with Crippen LogP contribution < -0.4 is 20.5 Å². The number of hydrogen-bond donors (Lipinski definition) is 2. The van der Waals surface area contributed by atoms with Crippen LogP contribution in [0.5, 0.6) is 11.5 Å². The molecule has 3 N–H and O–H groups in total. The van der Waals surface area contributed by atoms with Crippen molar-refractivity contribution < 1.29 is 14.3 Å². The van der Waals surface area contributed by atoms with Gasteiger partial charge in [-0.2, -0.15) is 0 Å². The maximum atomic E-state index is 12.6. The standard InChI is InChI=1S/C21H28N2O3/c1-5-14(3)25-19-13-18(20(12-17(19)22)26-15(4)6-2)23-21(24)16-10-8-7-9-11-16/h7-15H,5-6,22H2,1-4H3,(H,23,24). The summed E-state index contributed by atoms with van der Waals surface area (Å²) in [5.74, 6) is 0.871. The summed E-state index contributed by atoms with van der Waals surface area (Å²) in [5, 5.41) is 2.92. The molecule has 0 bridgehead atoms. The molecule has 5 heteroatoms. The number of nitrogens with two attached hydrogens (primary N) is 1. The van der Waals surface area contributed by atoms with Gasteiger partial charge in [0, 0.05) is 17.7 Å². The molecular formula is C21H28N2O3. The molecule has 140 valence electrons. The molecular weight excluding hydrogens is 328 g/mol. The van der Waals surface area contributed by atoms with Gasteiger partial charge in [-0.15, -0.1) is 0 Å². The Labute approximate surface area is 155 Å². The molecule has 2 aromatic rings. The Kier molecular flexibility index (Phi) is 6.89. The van der Waals surface area contributed by atoms with Crippen LogP contribution in [0, 0.1) is 0 Å². The van der Waals surface area contributed by atoms with E-state index < -0.39 is 0 Å². The highest BCUT2D eigenvalue weighted by Gasteiger charge is 2.16. The molecule has 0 fully saturated rings. The molecule has 0 radical (unpaired) electrons. The molecule has 2 aromatic carbocycles. The first-order valence-electron chi connectivity index (χ1n) is 9.07. The van der Waals surface area contributed by atoms with Gasteiger partial charge in [0.05, 0.1) is 23.6 Å². The molecule has 1 amide bonds. The Morgan fingerprint density at radius 2 is 1.58 bits per heavy atom. The minimum absolute atomic E-state index is 0.00288. The van der Waals surface area contributed by atoms with Crippen LogP contribution in [0.4, 0.5) is 11.4 Å². The Balaban J connectivity index is 2.35. The van der Waals surface area contributed by atoms with Crippen molar-refractivity contribution in [2.75, 3.05) is 11.1 Å². The summed E-state index contributed by atoms with van der Waals surface area (Å²) in [7, 11) is 0. The van der Waals surface area contributed by atoms with Gasteiger partial charge < -0.3 is 20.5 Å². The average molecular weight is 356 g/mol. The molecule has 26 heavy (non-hydrogen) atoms. The highest BCUT2D eigenvalue weighted by molar-refractivity contribution is 6.05. The molecule has 0 aliphatic carbocycles. The van der Waals surface area contributed by atoms with Crippen LogP contribution in [-0.4, -0.2) is 18.1 Å². The Bertz CT molecular complexity index is 732. The third-order valence-electron chi connectivity index (χ3n) is 4.20. The van der Waals surface area contributed by atoms with Crippen molar-refractivity contribution in [3.05, 3.63) is 48.0 Å². The van der Waals surface area contributed by atoms with E-state index in [1.54, 1.807) is 24.3 Å². The highest BCUT2D eigenvalue weighted by atomic mass is 16.5. The molecule has 0 saturated heterocycles. The van der Waals surface area contributed by atoms with Crippen LogP contribution >= 0.6 is 0 Å². The fraction of sp³-hybridized carbons (Fsp3) is 0.381. The van der Waals surface area contributed by atoms with Gasteiger partial charge in [-0.3, -0.25) is 4.79 Å². The predicted octanol–water partition coefficient (Wildman–Crippen LogP) is 4.88. The van der Waals surface area contributed by atoms with E-state index in [-0.39, 0.29) is 18.1 Å². The van der Waals surface area contributed by atoms with Crippen molar-refractivity contribution >= 4 is 17.3 Å². The van der Waals surface area contributed by atoms with E-state index in [1.807, 2.05) is 45.9 Å². The maximum absolute atomic E-state index is 12.6. The van der Waals surface area contributed by atoms with Crippen LogP contribution in [-0.2, 0) is 0 Å². The normalized spacial score (nSPS) is 12.9. The lowest BCUT2D eigenvalue weighted by Crippen LogP contribution is -2.17. The summed E-state index contributed by atoms with van der Waals surface area (Å²) in [4.78, 5) is 12.6. The van der Waals surface area contributed by atoms with Gasteiger partial charge in [-0.05, 0) is 38.8 Å². The van der Waals surface area contributed by atoms with E-state index in [4.69, 9.17) is 15.2 Å². The minimum atomic E-state index is -0.209. The predicted molar refractivity (Wildman–Crippen MR) is 106 cm³/mol. The Hall–Kier alpha value is -2.69. The fourth-order valence-electron chi connectivity index (χ4n) is 2.26. The monoisotopic (exact) mass is 356 g/mol. The third kappa shape index (κ3) is 5.15. The van der Waals surface area contributed by atoms with Crippen molar-refractivity contribution in [3.8, 4) is 11.5 Å². The molecule has 5 nitrogen and oxygen atoms in total. The molecule has 2 unspecified atom stereocenters. The summed E-state index contributed by atoms with van der Waals surface area (Å²) < 4.78 is 11.8. The molecule has 0 spiro atoms. The summed E-state index contributed by atoms with van der Waals surface area (Å²) in [5.41, 5.74) is 7.74. The SMILES string of the molecule is CCC(C)Oc1cc(NC(=O)c2ccccc2)c(OC(C)CC)cc1N. The van der Waals surface area contributed by atoms with E-state index in [2.05, 4.69) is 5.32 Å². The van der Waals surface area contributed by atoms with Crippen molar-refractivity contribution in [2.24, 2.45) is 0 Å². The minimum Gasteiger partial charge on any atom is -0.488 e. The van der Waals surface area contributed by atoms with Crippen LogP contribution in [0.25, 0.3) is 0 Å². The first kappa shape index (κ1) is 19.6. The van der Waals surface area contributed by atoms with Crippen LogP contribution in [0.3, 0.4) is 0 Å². The quantitative estimate of drug-likeness (QED) is 0.661. The number of carbonyl (C=O) groups excluding carboxylic acids is 1. The zero-order chi connectivity index (χ0) is 19.1. The molecule has 2 atom stereocenters. The Morgan fingerprint density at radius 1 is 1.00 bits per heavy atom. The van der Waals surface area contributed by atoms with Crippen molar-refractivity contribution in [1.82, 2.24) is 0 Å². The molecule has 0 aliphatic rings. The van der Waals surface area contributed by atoms with Gasteiger partial charge in [0.25, 0.3) is 5.91 Å². The number of benzene rings is 2. The van der Waals surface area contributed by atoms with E-state index >= 15 is 0 Å². The summed E-state index contributed by atoms with van der Waals surface area (Å²) in [6.07, 6.45) is 1.73. The second kappa shape index (κ2) is 9.13. The van der Waals surface area contributed by atoms with E-state index in [9.17, 15) is 4.79 Å². The lowest BCUT2D eigenvalue weighted by molar-refractivity contribution is 0.102. The van der Waals surface area contributed by atoms with E-state index in [0.29, 0.717) is 28.4 Å². The zero-order valence-corrected chi connectivity index (χ0v) is 15.9. The van der Waals surface area contributed by atoms with Gasteiger partial charge in [-0.25, -0.2) is 0 Å². The summed E-state index contributed by atoms with van der Waals surface area (Å²) in [6.45, 7) is 8.03. The zero-order valence-electron chi connectivity index (χ0n) is 15.9. The summed E-state index contributed by atoms with van der Waals surface area (Å²) >= 11 is 0. The lowest BCUT2D eigenvalue weighted by Gasteiger charge is -2.20. The molecule has 0 aliphatic heterocycles. The number of rotatable bonds is 8. The topological polar surface area (TPSA) is 73.6 Å². The van der Waals surface area contributed by atoms with Gasteiger partial charge in [0.2, 0.25) is 0 Å². The smallest absolute Gasteiger partial charge is 0.255 e. The fourth-order valence-corrected chi connectivity index (χ4v) is 2.26. The van der Waals surface area contributed by atoms with Crippen molar-refractivity contribution in [3.63, 3.8) is 0 Å². The van der Waals surface area contributed by atoms with Crippen molar-refractivity contribution in [1.29, 1.82) is 0 Å². The second-order valence-corrected chi connectivity index (χ2v) is 6.38. The van der Waals surface area contributed by atoms with Gasteiger partial charge >= 0.3 is 0 Å². The van der Waals surface area contributed by atoms with E-state index in [1.165, 1.54) is 0 Å². The second-order valence-electron chi connectivity index (χ2n) is 6.38. The maximum Gasteiger partial charge on any atom is 0.255 e. The van der Waals surface area contributed by atoms with Crippen LogP contribution in [0.15, 0.2) is 42.5 Å². The molecule has 0 aromatic heterocycles. The third-order valence-corrected chi connectivity index (χ3v) is 4.20. The van der Waals surface area contributed by atoms with Crippen molar-refractivity contribution in [2.45, 2.75) is 52.7 Å². The molecule has 2 rings (SSSR count). The van der Waals surface area contributed by atoms with E-state index in [0.717, 1.165) is 12.8 Å². The number of ether oxygens (including phenoxy) is 2. The number of anilines is 2. The number of amides is 1. The van der Waals surface area contributed by atoms with Gasteiger partial charge in [-0.1, -0.05) is 32.0 Å². The number of nitrogen functional groups attached to an aromatic ring is 1. The number of hydrogen-bond acceptors (Lipinski definition) is 4. The van der Waals surface area contributed by atoms with Gasteiger partial charge in [0.15, 0.2) is 0 Å². The van der Waals surface area contributed by atoms with Crippen LogP contribution in [0.2, 0.25) is 0 Å². The first-order chi connectivity index (χ1) is 12.4. The average Bonchev–Trinajstić information content (AvgIpc) is 2.65. The molecule has 0 saturated carbocycles. The van der Waals surface area contributed by atoms with Gasteiger partial charge in [0.1, 0.15) is 11.5 Å². The largest absolute Gasteiger partial charge is 0.488 e. The lowest BCUT2D eigenvalue weighted by atomic mass is 10.2. The highest BCUT2D eigenvalue weighted by Crippen LogP contribution is 2.36. The number of nitrogens with one attached hydrogen (secondary N) is 1. The Morgan fingerprint density at radius 3 is 2.15 bits per heavy atom.